The maximum atomic E-state index is 13.3. The minimum Gasteiger partial charge on any atom is -0.508 e. The highest BCUT2D eigenvalue weighted by Crippen LogP contribution is 2.35. The molecule has 0 radical (unpaired) electrons. The van der Waals surface area contributed by atoms with Gasteiger partial charge in [-0.3, -0.25) is 0 Å². The Labute approximate surface area is 215 Å². The van der Waals surface area contributed by atoms with E-state index in [9.17, 15) is 13.5 Å². The number of phenolic OH excluding ortho intramolecular Hbond substituents is 1. The van der Waals surface area contributed by atoms with Crippen molar-refractivity contribution in [2.75, 3.05) is 34.4 Å². The Hall–Kier alpha value is -2.17. The van der Waals surface area contributed by atoms with Crippen LogP contribution < -0.4 is 10.1 Å². The van der Waals surface area contributed by atoms with Gasteiger partial charge in [0, 0.05) is 32.7 Å². The zero-order chi connectivity index (χ0) is 25.7. The van der Waals surface area contributed by atoms with Crippen LogP contribution in [0.3, 0.4) is 0 Å². The number of benzene rings is 2. The zero-order valence-corrected chi connectivity index (χ0v) is 22.3. The molecule has 0 unspecified atom stereocenters. The predicted octanol–water partition coefficient (Wildman–Crippen LogP) is 3.48. The lowest BCUT2D eigenvalue weighted by Crippen LogP contribution is -2.51. The van der Waals surface area contributed by atoms with Crippen LogP contribution >= 0.6 is 0 Å². The molecule has 0 spiro atoms. The summed E-state index contributed by atoms with van der Waals surface area (Å²) in [6.45, 7) is 1.53. The Morgan fingerprint density at radius 2 is 1.75 bits per heavy atom. The third kappa shape index (κ3) is 6.39. The maximum absolute atomic E-state index is 13.3. The second kappa shape index (κ2) is 11.9. The van der Waals surface area contributed by atoms with Crippen LogP contribution in [0.1, 0.15) is 49.1 Å². The highest BCUT2D eigenvalue weighted by molar-refractivity contribution is 7.86. The monoisotopic (exact) mass is 517 g/mol. The van der Waals surface area contributed by atoms with E-state index in [1.54, 1.807) is 31.6 Å². The Morgan fingerprint density at radius 3 is 2.39 bits per heavy atom. The van der Waals surface area contributed by atoms with E-state index in [2.05, 4.69) is 11.4 Å². The normalized spacial score (nSPS) is 24.9. The summed E-state index contributed by atoms with van der Waals surface area (Å²) >= 11 is 0. The van der Waals surface area contributed by atoms with Crippen LogP contribution in [-0.4, -0.2) is 74.7 Å². The van der Waals surface area contributed by atoms with Crippen LogP contribution in [0.4, 0.5) is 0 Å². The van der Waals surface area contributed by atoms with E-state index in [4.69, 9.17) is 9.47 Å². The van der Waals surface area contributed by atoms with Gasteiger partial charge in [0.25, 0.3) is 10.2 Å². The maximum Gasteiger partial charge on any atom is 0.282 e. The molecule has 1 saturated carbocycles. The molecule has 1 aliphatic heterocycles. The van der Waals surface area contributed by atoms with E-state index >= 15 is 0 Å². The van der Waals surface area contributed by atoms with Crippen molar-refractivity contribution in [3.63, 3.8) is 0 Å². The van der Waals surface area contributed by atoms with Gasteiger partial charge in [0.15, 0.2) is 0 Å². The van der Waals surface area contributed by atoms with Crippen LogP contribution in [0, 0.1) is 0 Å². The number of aromatic hydroxyl groups is 1. The number of hydrogen-bond acceptors (Lipinski definition) is 6. The Morgan fingerprint density at radius 1 is 1.03 bits per heavy atom. The van der Waals surface area contributed by atoms with Gasteiger partial charge in [-0.1, -0.05) is 24.3 Å². The number of rotatable bonds is 10. The third-order valence-electron chi connectivity index (χ3n) is 7.46. The van der Waals surface area contributed by atoms with Crippen LogP contribution in [-0.2, 0) is 21.5 Å². The van der Waals surface area contributed by atoms with E-state index in [1.807, 2.05) is 36.4 Å². The van der Waals surface area contributed by atoms with Crippen molar-refractivity contribution in [1.82, 2.24) is 13.9 Å². The minimum atomic E-state index is -3.63. The largest absolute Gasteiger partial charge is 0.508 e. The van der Waals surface area contributed by atoms with Crippen LogP contribution in [0.25, 0.3) is 0 Å². The first-order valence-corrected chi connectivity index (χ1v) is 14.1. The van der Waals surface area contributed by atoms with Gasteiger partial charge in [-0.15, -0.1) is 0 Å². The molecular formula is C27H39N3O5S. The van der Waals surface area contributed by atoms with E-state index < -0.39 is 10.2 Å². The first kappa shape index (κ1) is 26.9. The molecule has 4 rings (SSSR count). The summed E-state index contributed by atoms with van der Waals surface area (Å²) in [4.78, 5) is 0. The van der Waals surface area contributed by atoms with Gasteiger partial charge in [-0.25, -0.2) is 0 Å². The van der Waals surface area contributed by atoms with E-state index in [0.717, 1.165) is 50.0 Å². The molecule has 2 aliphatic rings. The second-order valence-electron chi connectivity index (χ2n) is 10.0. The summed E-state index contributed by atoms with van der Waals surface area (Å²) in [7, 11) is 1.14. The van der Waals surface area contributed by atoms with Crippen molar-refractivity contribution in [1.29, 1.82) is 0 Å². The molecule has 2 aromatic rings. The van der Waals surface area contributed by atoms with Gasteiger partial charge < -0.3 is 19.9 Å². The molecule has 1 heterocycles. The quantitative estimate of drug-likeness (QED) is 0.502. The summed E-state index contributed by atoms with van der Waals surface area (Å²) in [5.74, 6) is 1.50. The summed E-state index contributed by atoms with van der Waals surface area (Å²) < 4.78 is 41.2. The molecule has 0 bridgehead atoms. The fourth-order valence-electron chi connectivity index (χ4n) is 5.34. The van der Waals surface area contributed by atoms with E-state index in [1.165, 1.54) is 9.87 Å². The van der Waals surface area contributed by atoms with Crippen molar-refractivity contribution < 1.29 is 23.0 Å². The van der Waals surface area contributed by atoms with Crippen molar-refractivity contribution in [2.24, 2.45) is 0 Å². The van der Waals surface area contributed by atoms with Gasteiger partial charge in [0.1, 0.15) is 11.5 Å². The fourth-order valence-corrected chi connectivity index (χ4v) is 6.67. The number of hydrogen-bond donors (Lipinski definition) is 2. The summed E-state index contributed by atoms with van der Waals surface area (Å²) in [6, 6.07) is 14.8. The molecule has 9 heteroatoms. The Balaban J connectivity index is 1.38. The first-order chi connectivity index (χ1) is 17.3. The van der Waals surface area contributed by atoms with Gasteiger partial charge in [0.2, 0.25) is 0 Å². The van der Waals surface area contributed by atoms with Crippen molar-refractivity contribution in [2.45, 2.75) is 62.8 Å². The molecule has 2 N–H and O–H groups in total. The van der Waals surface area contributed by atoms with Crippen LogP contribution in [0.5, 0.6) is 11.5 Å². The highest BCUT2D eigenvalue weighted by Gasteiger charge is 2.40. The van der Waals surface area contributed by atoms with Gasteiger partial charge in [-0.05, 0) is 80.0 Å². The smallest absolute Gasteiger partial charge is 0.282 e. The van der Waals surface area contributed by atoms with Gasteiger partial charge in [0.05, 0.1) is 19.8 Å². The molecule has 1 saturated heterocycles. The topological polar surface area (TPSA) is 91.3 Å². The molecule has 36 heavy (non-hydrogen) atoms. The van der Waals surface area contributed by atoms with E-state index in [-0.39, 0.29) is 18.2 Å². The number of ether oxygens (including phenoxy) is 2. The number of phenols is 1. The molecule has 0 aromatic heterocycles. The second-order valence-corrected chi connectivity index (χ2v) is 12.1. The van der Waals surface area contributed by atoms with Crippen LogP contribution in [0.2, 0.25) is 0 Å². The zero-order valence-electron chi connectivity index (χ0n) is 21.5. The molecule has 2 atom stereocenters. The molecule has 2 aromatic carbocycles. The SMILES string of the molecule is COc1ccc(CN([C@H]2CCN[C@H]2CO[C@H]2CC[C@@H](c3cccc(O)c3)CC2)S(=O)(=O)N(C)C)cc1. The lowest BCUT2D eigenvalue weighted by Gasteiger charge is -2.35. The fraction of sp³-hybridized carbons (Fsp3) is 0.556. The summed E-state index contributed by atoms with van der Waals surface area (Å²) in [5.41, 5.74) is 2.10. The molecule has 2 fully saturated rings. The third-order valence-corrected chi connectivity index (χ3v) is 9.38. The number of nitrogens with one attached hydrogen (secondary N) is 1. The van der Waals surface area contributed by atoms with Gasteiger partial charge >= 0.3 is 0 Å². The van der Waals surface area contributed by atoms with Crippen molar-refractivity contribution in [3.05, 3.63) is 59.7 Å². The average molecular weight is 518 g/mol. The van der Waals surface area contributed by atoms with Crippen molar-refractivity contribution in [3.8, 4) is 11.5 Å². The minimum absolute atomic E-state index is 0.0678. The average Bonchev–Trinajstić information content (AvgIpc) is 3.34. The lowest BCUT2D eigenvalue weighted by molar-refractivity contribution is 0.00779. The molecule has 0 amide bonds. The highest BCUT2D eigenvalue weighted by atomic mass is 32.2. The Kier molecular flexibility index (Phi) is 8.90. The molecule has 1 aliphatic carbocycles. The lowest BCUT2D eigenvalue weighted by atomic mass is 9.82. The first-order valence-electron chi connectivity index (χ1n) is 12.7. The molecule has 8 nitrogen and oxygen atoms in total. The van der Waals surface area contributed by atoms with Crippen molar-refractivity contribution >= 4 is 10.2 Å². The summed E-state index contributed by atoms with van der Waals surface area (Å²) in [6.07, 6.45) is 4.87. The predicted molar refractivity (Wildman–Crippen MR) is 140 cm³/mol. The Bertz CT molecular complexity index is 1080. The van der Waals surface area contributed by atoms with E-state index in [0.29, 0.717) is 24.8 Å². The molecular weight excluding hydrogens is 478 g/mol. The van der Waals surface area contributed by atoms with Crippen LogP contribution in [0.15, 0.2) is 48.5 Å². The van der Waals surface area contributed by atoms with Gasteiger partial charge in [-0.2, -0.15) is 17.0 Å². The number of methoxy groups -OCH3 is 1. The molecule has 198 valence electrons. The number of nitrogens with zero attached hydrogens (tertiary/aromatic N) is 2. The standard InChI is InChI=1S/C27H39N3O5S/c1-29(2)36(32,33)30(18-20-7-11-24(34-3)12-8-20)27-15-16-28-26(27)19-35-25-13-9-21(10-14-25)22-5-4-6-23(31)17-22/h4-8,11-12,17,21,25-28,31H,9-10,13-16,18-19H2,1-3H3/t21-,25+,26-,27-/m0/s1. The summed E-state index contributed by atoms with van der Waals surface area (Å²) in [5, 5.41) is 13.3.